The molecule has 1 aliphatic rings. The number of ether oxygens (including phenoxy) is 1. The Morgan fingerprint density at radius 2 is 2.20 bits per heavy atom. The molecule has 2 rings (SSSR count). The van der Waals surface area contributed by atoms with E-state index in [1.807, 2.05) is 12.3 Å². The summed E-state index contributed by atoms with van der Waals surface area (Å²) in [5.74, 6) is 0.839. The first-order valence-corrected chi connectivity index (χ1v) is 8.94. The fourth-order valence-corrected chi connectivity index (χ4v) is 2.81. The normalized spacial score (nSPS) is 20.2. The quantitative estimate of drug-likeness (QED) is 0.270. The van der Waals surface area contributed by atoms with E-state index < -0.39 is 0 Å². The molecule has 142 valence electrons. The Kier molecular flexibility index (Phi) is 10.1. The number of pyridine rings is 1. The molecule has 0 spiro atoms. The number of hydrogen-bond donors (Lipinski definition) is 2. The molecule has 1 aromatic heterocycles. The molecule has 1 atom stereocenters. The highest BCUT2D eigenvalue weighted by Gasteiger charge is 2.29. The van der Waals surface area contributed by atoms with Crippen LogP contribution in [0.25, 0.3) is 0 Å². The largest absolute Gasteiger partial charge is 0.373 e. The lowest BCUT2D eigenvalue weighted by atomic mass is 10.0. The van der Waals surface area contributed by atoms with Crippen LogP contribution in [0.15, 0.2) is 34.2 Å². The average Bonchev–Trinajstić information content (AvgIpc) is 3.01. The molecule has 25 heavy (non-hydrogen) atoms. The molecule has 1 fully saturated rings. The third-order valence-electron chi connectivity index (χ3n) is 4.23. The van der Waals surface area contributed by atoms with Gasteiger partial charge < -0.3 is 19.9 Å². The fourth-order valence-electron chi connectivity index (χ4n) is 2.81. The first kappa shape index (κ1) is 22.0. The van der Waals surface area contributed by atoms with E-state index in [9.17, 15) is 4.79 Å². The Bertz CT molecular complexity index is 582. The van der Waals surface area contributed by atoms with Gasteiger partial charge in [0, 0.05) is 38.5 Å². The minimum atomic E-state index is -0.114. The van der Waals surface area contributed by atoms with Gasteiger partial charge in [-0.25, -0.2) is 0 Å². The van der Waals surface area contributed by atoms with Gasteiger partial charge in [0.05, 0.1) is 12.1 Å². The van der Waals surface area contributed by atoms with Gasteiger partial charge in [-0.2, -0.15) is 0 Å². The van der Waals surface area contributed by atoms with Gasteiger partial charge in [0.1, 0.15) is 0 Å². The van der Waals surface area contributed by atoms with Crippen LogP contribution in [0.5, 0.6) is 0 Å². The zero-order chi connectivity index (χ0) is 17.3. The molecule has 1 aliphatic heterocycles. The molecule has 0 radical (unpaired) electrons. The lowest BCUT2D eigenvalue weighted by molar-refractivity contribution is 0.0283. The fraction of sp³-hybridized carbons (Fsp3) is 0.667. The Morgan fingerprint density at radius 1 is 1.36 bits per heavy atom. The van der Waals surface area contributed by atoms with Crippen molar-refractivity contribution in [1.29, 1.82) is 0 Å². The van der Waals surface area contributed by atoms with Crippen molar-refractivity contribution in [2.45, 2.75) is 51.7 Å². The molecule has 0 aromatic carbocycles. The van der Waals surface area contributed by atoms with Crippen molar-refractivity contribution in [1.82, 2.24) is 15.2 Å². The predicted molar refractivity (Wildman–Crippen MR) is 113 cm³/mol. The number of hydrogen-bond acceptors (Lipinski definition) is 3. The SMILES string of the molecule is CCNC(=NCC1(C)CCCO1)NCCCCn1ccccc1=O.I. The lowest BCUT2D eigenvalue weighted by Gasteiger charge is -2.21. The maximum absolute atomic E-state index is 11.6. The lowest BCUT2D eigenvalue weighted by Crippen LogP contribution is -2.39. The van der Waals surface area contributed by atoms with Crippen molar-refractivity contribution >= 4 is 29.9 Å². The molecular weight excluding hydrogens is 431 g/mol. The Morgan fingerprint density at radius 3 is 2.88 bits per heavy atom. The van der Waals surface area contributed by atoms with E-state index in [0.29, 0.717) is 6.54 Å². The van der Waals surface area contributed by atoms with E-state index in [0.717, 1.165) is 57.9 Å². The van der Waals surface area contributed by atoms with Crippen molar-refractivity contribution in [2.75, 3.05) is 26.2 Å². The molecule has 2 N–H and O–H groups in total. The number of rotatable bonds is 8. The van der Waals surface area contributed by atoms with Gasteiger partial charge in [0.15, 0.2) is 5.96 Å². The minimum absolute atomic E-state index is 0. The first-order valence-electron chi connectivity index (χ1n) is 8.94. The van der Waals surface area contributed by atoms with Gasteiger partial charge in [0.25, 0.3) is 0 Å². The molecule has 7 heteroatoms. The van der Waals surface area contributed by atoms with E-state index in [-0.39, 0.29) is 35.1 Å². The molecular formula is C18H31IN4O2. The summed E-state index contributed by atoms with van der Waals surface area (Å²) in [4.78, 5) is 16.3. The predicted octanol–water partition coefficient (Wildman–Crippen LogP) is 2.37. The van der Waals surface area contributed by atoms with Gasteiger partial charge in [-0.1, -0.05) is 6.07 Å². The van der Waals surface area contributed by atoms with Gasteiger partial charge in [-0.3, -0.25) is 9.79 Å². The second kappa shape index (κ2) is 11.5. The van der Waals surface area contributed by atoms with Crippen LogP contribution in [0.1, 0.15) is 39.5 Å². The first-order chi connectivity index (χ1) is 11.6. The molecule has 6 nitrogen and oxygen atoms in total. The maximum atomic E-state index is 11.6. The van der Waals surface area contributed by atoms with Gasteiger partial charge in [0.2, 0.25) is 5.56 Å². The summed E-state index contributed by atoms with van der Waals surface area (Å²) in [7, 11) is 0. The van der Waals surface area contributed by atoms with Crippen molar-refractivity contribution in [3.63, 3.8) is 0 Å². The molecule has 0 saturated carbocycles. The maximum Gasteiger partial charge on any atom is 0.250 e. The number of nitrogens with one attached hydrogen (secondary N) is 2. The summed E-state index contributed by atoms with van der Waals surface area (Å²) in [5.41, 5.74) is -0.0539. The Labute approximate surface area is 167 Å². The van der Waals surface area contributed by atoms with Crippen molar-refractivity contribution in [3.8, 4) is 0 Å². The topological polar surface area (TPSA) is 67.7 Å². The molecule has 2 heterocycles. The number of aryl methyl sites for hydroxylation is 1. The molecule has 0 amide bonds. The van der Waals surface area contributed by atoms with Gasteiger partial charge in [-0.05, 0) is 45.6 Å². The van der Waals surface area contributed by atoms with E-state index in [1.54, 1.807) is 16.7 Å². The van der Waals surface area contributed by atoms with Crippen LogP contribution >= 0.6 is 24.0 Å². The molecule has 1 aromatic rings. The Balaban J connectivity index is 0.00000312. The molecule has 1 saturated heterocycles. The smallest absolute Gasteiger partial charge is 0.250 e. The number of aliphatic imine (C=N–C) groups is 1. The zero-order valence-corrected chi connectivity index (χ0v) is 17.6. The van der Waals surface area contributed by atoms with Gasteiger partial charge >= 0.3 is 0 Å². The van der Waals surface area contributed by atoms with Crippen LogP contribution in [0.3, 0.4) is 0 Å². The summed E-state index contributed by atoms with van der Waals surface area (Å²) in [6.07, 6.45) is 5.97. The van der Waals surface area contributed by atoms with E-state index >= 15 is 0 Å². The number of halogens is 1. The molecule has 0 bridgehead atoms. The van der Waals surface area contributed by atoms with Crippen LogP contribution in [0.4, 0.5) is 0 Å². The van der Waals surface area contributed by atoms with Crippen LogP contribution in [-0.2, 0) is 11.3 Å². The van der Waals surface area contributed by atoms with E-state index in [4.69, 9.17) is 4.74 Å². The highest BCUT2D eigenvalue weighted by molar-refractivity contribution is 14.0. The monoisotopic (exact) mass is 462 g/mol. The van der Waals surface area contributed by atoms with Crippen LogP contribution in [0, 0.1) is 0 Å². The minimum Gasteiger partial charge on any atom is -0.373 e. The molecule has 1 unspecified atom stereocenters. The van der Waals surface area contributed by atoms with Gasteiger partial charge in [-0.15, -0.1) is 24.0 Å². The van der Waals surface area contributed by atoms with Crippen LogP contribution in [0.2, 0.25) is 0 Å². The summed E-state index contributed by atoms with van der Waals surface area (Å²) in [6, 6.07) is 5.26. The second-order valence-corrected chi connectivity index (χ2v) is 6.46. The highest BCUT2D eigenvalue weighted by Crippen LogP contribution is 2.24. The zero-order valence-electron chi connectivity index (χ0n) is 15.3. The Hall–Kier alpha value is -1.09. The van der Waals surface area contributed by atoms with Crippen molar-refractivity contribution in [3.05, 3.63) is 34.7 Å². The summed E-state index contributed by atoms with van der Waals surface area (Å²) in [6.45, 7) is 8.14. The van der Waals surface area contributed by atoms with Crippen LogP contribution in [-0.4, -0.2) is 42.4 Å². The second-order valence-electron chi connectivity index (χ2n) is 6.46. The standard InChI is InChI=1S/C18H30N4O2.HI/c1-3-19-17(21-15-18(2)10-8-14-24-18)20-11-5-7-13-22-12-6-4-9-16(22)23;/h4,6,9,12H,3,5,7-8,10-11,13-15H2,1-2H3,(H2,19,20,21);1H. The molecule has 0 aliphatic carbocycles. The number of aromatic nitrogens is 1. The summed E-state index contributed by atoms with van der Waals surface area (Å²) in [5, 5.41) is 6.63. The van der Waals surface area contributed by atoms with E-state index in [2.05, 4.69) is 29.5 Å². The van der Waals surface area contributed by atoms with E-state index in [1.165, 1.54) is 0 Å². The summed E-state index contributed by atoms with van der Waals surface area (Å²) >= 11 is 0. The third kappa shape index (κ3) is 7.77. The number of nitrogens with zero attached hydrogens (tertiary/aromatic N) is 2. The number of guanidine groups is 1. The van der Waals surface area contributed by atoms with Crippen molar-refractivity contribution in [2.24, 2.45) is 4.99 Å². The van der Waals surface area contributed by atoms with Crippen LogP contribution < -0.4 is 16.2 Å². The number of unbranched alkanes of at least 4 members (excludes halogenated alkanes) is 1. The average molecular weight is 462 g/mol. The van der Waals surface area contributed by atoms with Crippen molar-refractivity contribution < 1.29 is 4.74 Å². The third-order valence-corrected chi connectivity index (χ3v) is 4.23. The highest BCUT2D eigenvalue weighted by atomic mass is 127. The summed E-state index contributed by atoms with van der Waals surface area (Å²) < 4.78 is 7.52.